The third-order valence-corrected chi connectivity index (χ3v) is 4.49. The minimum atomic E-state index is -0.840. The molecule has 3 rings (SSSR count). The highest BCUT2D eigenvalue weighted by Gasteiger charge is 2.29. The molecule has 1 amide bonds. The van der Waals surface area contributed by atoms with E-state index in [0.29, 0.717) is 11.1 Å². The topological polar surface area (TPSA) is 69.0 Å². The Kier molecular flexibility index (Phi) is 5.61. The lowest BCUT2D eigenvalue weighted by molar-refractivity contribution is -0.138. The molecule has 26 heavy (non-hydrogen) atoms. The standard InChI is InChI=1S/C20H25NO5/c1-13(2)24-12-16-15-8-4-5-9-17(15)26-18(16)20(23)25-14(3)19(22)21-10-6-7-11-21/h4-5,8-9,13-14H,6-7,10-12H2,1-3H3. The molecule has 1 saturated heterocycles. The number of amides is 1. The Morgan fingerprint density at radius 2 is 1.85 bits per heavy atom. The lowest BCUT2D eigenvalue weighted by Gasteiger charge is -2.20. The predicted octanol–water partition coefficient (Wildman–Crippen LogP) is 3.53. The summed E-state index contributed by atoms with van der Waals surface area (Å²) in [5.41, 5.74) is 1.25. The van der Waals surface area contributed by atoms with Crippen molar-refractivity contribution in [2.75, 3.05) is 13.1 Å². The smallest absolute Gasteiger partial charge is 0.375 e. The molecule has 0 radical (unpaired) electrons. The number of para-hydroxylation sites is 1. The number of ether oxygens (including phenoxy) is 2. The largest absolute Gasteiger partial charge is 0.449 e. The van der Waals surface area contributed by atoms with Crippen molar-refractivity contribution in [3.8, 4) is 0 Å². The summed E-state index contributed by atoms with van der Waals surface area (Å²) in [6, 6.07) is 7.40. The number of carbonyl (C=O) groups excluding carboxylic acids is 2. The predicted molar refractivity (Wildman–Crippen MR) is 96.8 cm³/mol. The van der Waals surface area contributed by atoms with Gasteiger partial charge in [-0.3, -0.25) is 4.79 Å². The van der Waals surface area contributed by atoms with Gasteiger partial charge in [0.25, 0.3) is 5.91 Å². The van der Waals surface area contributed by atoms with Crippen molar-refractivity contribution in [2.45, 2.75) is 52.4 Å². The van der Waals surface area contributed by atoms with E-state index in [1.165, 1.54) is 0 Å². The van der Waals surface area contributed by atoms with Crippen LogP contribution in [0, 0.1) is 0 Å². The molecule has 1 unspecified atom stereocenters. The van der Waals surface area contributed by atoms with Gasteiger partial charge in [-0.2, -0.15) is 0 Å². The van der Waals surface area contributed by atoms with Gasteiger partial charge in [0.05, 0.1) is 12.7 Å². The summed E-state index contributed by atoms with van der Waals surface area (Å²) in [6.07, 6.45) is 1.16. The molecule has 0 saturated carbocycles. The highest BCUT2D eigenvalue weighted by atomic mass is 16.6. The van der Waals surface area contributed by atoms with Gasteiger partial charge in [-0.25, -0.2) is 4.79 Å². The number of esters is 1. The molecule has 140 valence electrons. The van der Waals surface area contributed by atoms with E-state index >= 15 is 0 Å². The highest BCUT2D eigenvalue weighted by Crippen LogP contribution is 2.28. The van der Waals surface area contributed by atoms with Gasteiger partial charge in [-0.15, -0.1) is 0 Å². The zero-order valence-corrected chi connectivity index (χ0v) is 15.5. The molecule has 1 atom stereocenters. The molecule has 1 aliphatic heterocycles. The molecule has 1 fully saturated rings. The zero-order valence-electron chi connectivity index (χ0n) is 15.5. The minimum Gasteiger partial charge on any atom is -0.449 e. The average molecular weight is 359 g/mol. The third-order valence-electron chi connectivity index (χ3n) is 4.49. The van der Waals surface area contributed by atoms with Crippen LogP contribution in [0.15, 0.2) is 28.7 Å². The Labute approximate surface area is 153 Å². The SMILES string of the molecule is CC(C)OCc1c(C(=O)OC(C)C(=O)N2CCCC2)oc2ccccc12. The van der Waals surface area contributed by atoms with E-state index in [-0.39, 0.29) is 24.4 Å². The minimum absolute atomic E-state index is 0.0169. The number of furan rings is 1. The van der Waals surface area contributed by atoms with Crippen LogP contribution in [0.3, 0.4) is 0 Å². The van der Waals surface area contributed by atoms with Crippen LogP contribution in [0.5, 0.6) is 0 Å². The van der Waals surface area contributed by atoms with Crippen LogP contribution in [0.4, 0.5) is 0 Å². The van der Waals surface area contributed by atoms with Crippen molar-refractivity contribution in [3.63, 3.8) is 0 Å². The fourth-order valence-corrected chi connectivity index (χ4v) is 3.12. The molecule has 2 aromatic rings. The Morgan fingerprint density at radius 3 is 2.54 bits per heavy atom. The number of nitrogens with zero attached hydrogens (tertiary/aromatic N) is 1. The van der Waals surface area contributed by atoms with Gasteiger partial charge in [-0.05, 0) is 39.7 Å². The van der Waals surface area contributed by atoms with Crippen molar-refractivity contribution in [2.24, 2.45) is 0 Å². The maximum absolute atomic E-state index is 12.7. The Hall–Kier alpha value is -2.34. The second-order valence-corrected chi connectivity index (χ2v) is 6.85. The summed E-state index contributed by atoms with van der Waals surface area (Å²) in [6.45, 7) is 7.14. The number of benzene rings is 1. The summed E-state index contributed by atoms with van der Waals surface area (Å²) in [5, 5.41) is 0.818. The Morgan fingerprint density at radius 1 is 1.15 bits per heavy atom. The lowest BCUT2D eigenvalue weighted by Crippen LogP contribution is -2.38. The summed E-state index contributed by atoms with van der Waals surface area (Å²) in [7, 11) is 0. The Balaban J connectivity index is 1.80. The molecule has 0 N–H and O–H groups in total. The van der Waals surface area contributed by atoms with Gasteiger partial charge in [-0.1, -0.05) is 18.2 Å². The van der Waals surface area contributed by atoms with Crippen molar-refractivity contribution in [3.05, 3.63) is 35.6 Å². The second-order valence-electron chi connectivity index (χ2n) is 6.85. The first-order valence-corrected chi connectivity index (χ1v) is 9.09. The highest BCUT2D eigenvalue weighted by molar-refractivity contribution is 5.97. The normalized spacial score (nSPS) is 15.6. The van der Waals surface area contributed by atoms with E-state index in [2.05, 4.69) is 0 Å². The van der Waals surface area contributed by atoms with Gasteiger partial charge in [0.1, 0.15) is 5.58 Å². The van der Waals surface area contributed by atoms with Crippen molar-refractivity contribution in [1.82, 2.24) is 4.90 Å². The van der Waals surface area contributed by atoms with Crippen LogP contribution < -0.4 is 0 Å². The van der Waals surface area contributed by atoms with E-state index in [9.17, 15) is 9.59 Å². The molecule has 2 heterocycles. The second kappa shape index (κ2) is 7.91. The third kappa shape index (κ3) is 3.90. The van der Waals surface area contributed by atoms with Gasteiger partial charge in [0.15, 0.2) is 6.10 Å². The zero-order chi connectivity index (χ0) is 18.7. The van der Waals surface area contributed by atoms with Crippen LogP contribution >= 0.6 is 0 Å². The summed E-state index contributed by atoms with van der Waals surface area (Å²) < 4.78 is 16.8. The fraction of sp³-hybridized carbons (Fsp3) is 0.500. The van der Waals surface area contributed by atoms with Crippen LogP contribution in [-0.4, -0.2) is 42.1 Å². The van der Waals surface area contributed by atoms with Gasteiger partial charge in [0, 0.05) is 24.0 Å². The lowest BCUT2D eigenvalue weighted by atomic mass is 10.1. The molecule has 1 aliphatic rings. The first-order chi connectivity index (χ1) is 12.5. The van der Waals surface area contributed by atoms with E-state index < -0.39 is 12.1 Å². The average Bonchev–Trinajstić information content (AvgIpc) is 3.27. The van der Waals surface area contributed by atoms with E-state index in [4.69, 9.17) is 13.9 Å². The van der Waals surface area contributed by atoms with Crippen LogP contribution in [0.25, 0.3) is 11.0 Å². The number of likely N-dealkylation sites (tertiary alicyclic amines) is 1. The molecule has 6 nitrogen and oxygen atoms in total. The molecular formula is C20H25NO5. The number of hydrogen-bond donors (Lipinski definition) is 0. The van der Waals surface area contributed by atoms with Crippen molar-refractivity contribution >= 4 is 22.8 Å². The molecule has 0 spiro atoms. The summed E-state index contributed by atoms with van der Waals surface area (Å²) in [4.78, 5) is 26.8. The maximum atomic E-state index is 12.7. The summed E-state index contributed by atoms with van der Waals surface area (Å²) in [5.74, 6) is -0.691. The maximum Gasteiger partial charge on any atom is 0.375 e. The first kappa shape index (κ1) is 18.5. The van der Waals surface area contributed by atoms with Crippen molar-refractivity contribution < 1.29 is 23.5 Å². The fourth-order valence-electron chi connectivity index (χ4n) is 3.12. The van der Waals surface area contributed by atoms with Crippen LogP contribution in [-0.2, 0) is 20.9 Å². The molecule has 1 aromatic heterocycles. The first-order valence-electron chi connectivity index (χ1n) is 9.09. The van der Waals surface area contributed by atoms with E-state index in [1.807, 2.05) is 32.0 Å². The number of rotatable bonds is 6. The van der Waals surface area contributed by atoms with E-state index in [0.717, 1.165) is 31.3 Å². The van der Waals surface area contributed by atoms with E-state index in [1.54, 1.807) is 17.9 Å². The van der Waals surface area contributed by atoms with Crippen LogP contribution in [0.2, 0.25) is 0 Å². The van der Waals surface area contributed by atoms with Crippen molar-refractivity contribution in [1.29, 1.82) is 0 Å². The van der Waals surface area contributed by atoms with Gasteiger partial charge in [0.2, 0.25) is 5.76 Å². The number of fused-ring (bicyclic) bond motifs is 1. The molecule has 6 heteroatoms. The molecular weight excluding hydrogens is 334 g/mol. The number of carbonyl (C=O) groups is 2. The van der Waals surface area contributed by atoms with Gasteiger partial charge >= 0.3 is 5.97 Å². The quantitative estimate of drug-likeness (QED) is 0.738. The molecule has 0 bridgehead atoms. The van der Waals surface area contributed by atoms with Gasteiger partial charge < -0.3 is 18.8 Å². The summed E-state index contributed by atoms with van der Waals surface area (Å²) >= 11 is 0. The Bertz CT molecular complexity index is 789. The monoisotopic (exact) mass is 359 g/mol. The number of hydrogen-bond acceptors (Lipinski definition) is 5. The molecule has 1 aromatic carbocycles. The van der Waals surface area contributed by atoms with Crippen LogP contribution in [0.1, 0.15) is 49.7 Å². The molecule has 0 aliphatic carbocycles.